The van der Waals surface area contributed by atoms with Crippen molar-refractivity contribution in [2.45, 2.75) is 45.4 Å². The Balaban J connectivity index is 1.85. The van der Waals surface area contributed by atoms with Crippen LogP contribution in [-0.2, 0) is 0 Å². The quantitative estimate of drug-likeness (QED) is 0.635. The molecule has 1 fully saturated rings. The molecule has 0 spiro atoms. The van der Waals surface area contributed by atoms with Gasteiger partial charge in [0, 0.05) is 6.54 Å². The number of nitrogens with one attached hydrogen (secondary N) is 1. The highest BCUT2D eigenvalue weighted by molar-refractivity contribution is 5.92. The van der Waals surface area contributed by atoms with E-state index in [1.54, 1.807) is 0 Å². The van der Waals surface area contributed by atoms with Gasteiger partial charge in [0.25, 0.3) is 0 Å². The zero-order chi connectivity index (χ0) is 17.2. The molecule has 7 nitrogen and oxygen atoms in total. The fraction of sp³-hybridized carbons (Fsp3) is 0.706. The summed E-state index contributed by atoms with van der Waals surface area (Å²) in [5.74, 6) is -0.698. The van der Waals surface area contributed by atoms with Crippen molar-refractivity contribution in [3.05, 3.63) is 11.8 Å². The minimum atomic E-state index is -1.03. The van der Waals surface area contributed by atoms with Crippen molar-refractivity contribution in [1.82, 2.24) is 14.9 Å². The maximum Gasteiger partial charge on any atom is 0.341 e. The summed E-state index contributed by atoms with van der Waals surface area (Å²) in [5.41, 5.74) is 0.0795. The molecule has 0 atom stereocenters. The third-order valence-electron chi connectivity index (χ3n) is 4.12. The Morgan fingerprint density at radius 2 is 2.12 bits per heavy atom. The van der Waals surface area contributed by atoms with E-state index in [2.05, 4.69) is 27.1 Å². The number of carboxylic acids is 1. The van der Waals surface area contributed by atoms with Gasteiger partial charge >= 0.3 is 12.0 Å². The average molecular weight is 336 g/mol. The van der Waals surface area contributed by atoms with Gasteiger partial charge in [0.15, 0.2) is 0 Å². The zero-order valence-corrected chi connectivity index (χ0v) is 14.5. The van der Waals surface area contributed by atoms with Gasteiger partial charge in [-0.2, -0.15) is 4.98 Å². The van der Waals surface area contributed by atoms with E-state index in [-0.39, 0.29) is 11.6 Å². The maximum absolute atomic E-state index is 11.3. The molecule has 7 heteroatoms. The van der Waals surface area contributed by atoms with E-state index in [9.17, 15) is 9.90 Å². The summed E-state index contributed by atoms with van der Waals surface area (Å²) in [5, 5.41) is 12.4. The lowest BCUT2D eigenvalue weighted by molar-refractivity contribution is 0.0697. The van der Waals surface area contributed by atoms with Gasteiger partial charge in [0.05, 0.1) is 12.8 Å². The normalized spacial score (nSPS) is 15.2. The number of hydrogen-bond acceptors (Lipinski definition) is 6. The molecule has 0 bridgehead atoms. The maximum atomic E-state index is 11.3. The molecule has 0 unspecified atom stereocenters. The Kier molecular flexibility index (Phi) is 7.74. The summed E-state index contributed by atoms with van der Waals surface area (Å²) in [6, 6.07) is 0.229. The van der Waals surface area contributed by atoms with Gasteiger partial charge in [-0.15, -0.1) is 0 Å². The molecule has 0 aliphatic carbocycles. The van der Waals surface area contributed by atoms with Crippen molar-refractivity contribution in [2.75, 3.05) is 38.1 Å². The number of ether oxygens (including phenoxy) is 1. The molecule has 134 valence electrons. The lowest BCUT2D eigenvalue weighted by Crippen LogP contribution is -2.31. The van der Waals surface area contributed by atoms with Crippen molar-refractivity contribution in [3.8, 4) is 6.01 Å². The zero-order valence-electron chi connectivity index (χ0n) is 14.5. The molecule has 2 heterocycles. The number of rotatable bonds is 10. The molecular weight excluding hydrogens is 308 g/mol. The van der Waals surface area contributed by atoms with Crippen LogP contribution in [0.2, 0.25) is 0 Å². The predicted molar refractivity (Wildman–Crippen MR) is 92.8 cm³/mol. The molecule has 0 radical (unpaired) electrons. The molecule has 1 aliphatic rings. The Labute approximate surface area is 143 Å². The van der Waals surface area contributed by atoms with Gasteiger partial charge < -0.3 is 20.1 Å². The molecule has 2 N–H and O–H groups in total. The first-order chi connectivity index (χ1) is 11.7. The first-order valence-electron chi connectivity index (χ1n) is 8.90. The van der Waals surface area contributed by atoms with Gasteiger partial charge in [0.2, 0.25) is 0 Å². The minimum Gasteiger partial charge on any atom is -0.477 e. The highest BCUT2D eigenvalue weighted by atomic mass is 16.5. The van der Waals surface area contributed by atoms with Crippen molar-refractivity contribution in [1.29, 1.82) is 0 Å². The molecule has 0 amide bonds. The molecule has 2 rings (SSSR count). The van der Waals surface area contributed by atoms with E-state index in [0.717, 1.165) is 25.8 Å². The molecule has 24 heavy (non-hydrogen) atoms. The third-order valence-corrected chi connectivity index (χ3v) is 4.12. The summed E-state index contributed by atoms with van der Waals surface area (Å²) in [6.07, 6.45) is 8.09. The van der Waals surface area contributed by atoms with Crippen LogP contribution in [0.4, 0.5) is 5.82 Å². The van der Waals surface area contributed by atoms with E-state index < -0.39 is 5.97 Å². The number of piperidine rings is 1. The van der Waals surface area contributed by atoms with Crippen LogP contribution in [-0.4, -0.2) is 58.7 Å². The number of carboxylic acid groups (broad SMARTS) is 1. The molecular formula is C17H28N4O3. The van der Waals surface area contributed by atoms with Crippen LogP contribution in [0.3, 0.4) is 0 Å². The number of anilines is 1. The van der Waals surface area contributed by atoms with E-state index in [1.165, 1.54) is 38.5 Å². The topological polar surface area (TPSA) is 87.6 Å². The SMILES string of the molecule is CCCCOc1ncc(C(=O)O)c(NCCCN2CCCCC2)n1. The lowest BCUT2D eigenvalue weighted by atomic mass is 10.1. The van der Waals surface area contributed by atoms with Crippen molar-refractivity contribution in [3.63, 3.8) is 0 Å². The van der Waals surface area contributed by atoms with Crippen LogP contribution >= 0.6 is 0 Å². The summed E-state index contributed by atoms with van der Waals surface area (Å²) in [6.45, 7) is 6.67. The molecule has 0 saturated carbocycles. The van der Waals surface area contributed by atoms with Crippen LogP contribution in [0.5, 0.6) is 6.01 Å². The smallest absolute Gasteiger partial charge is 0.341 e. The number of aromatic carboxylic acids is 1. The van der Waals surface area contributed by atoms with Crippen LogP contribution in [0.15, 0.2) is 6.20 Å². The van der Waals surface area contributed by atoms with Gasteiger partial charge in [0.1, 0.15) is 11.4 Å². The van der Waals surface area contributed by atoms with Crippen LogP contribution in [0, 0.1) is 0 Å². The van der Waals surface area contributed by atoms with Crippen LogP contribution in [0.25, 0.3) is 0 Å². The molecule has 1 aliphatic heterocycles. The second kappa shape index (κ2) is 10.1. The largest absolute Gasteiger partial charge is 0.477 e. The van der Waals surface area contributed by atoms with Crippen LogP contribution in [0.1, 0.15) is 55.8 Å². The van der Waals surface area contributed by atoms with E-state index in [0.29, 0.717) is 19.0 Å². The monoisotopic (exact) mass is 336 g/mol. The first kappa shape index (κ1) is 18.4. The van der Waals surface area contributed by atoms with E-state index >= 15 is 0 Å². The van der Waals surface area contributed by atoms with Gasteiger partial charge in [-0.3, -0.25) is 0 Å². The number of unbranched alkanes of at least 4 members (excludes halogenated alkanes) is 1. The predicted octanol–water partition coefficient (Wildman–Crippen LogP) is 2.64. The molecule has 1 saturated heterocycles. The Hall–Kier alpha value is -1.89. The molecule has 0 aromatic carbocycles. The fourth-order valence-electron chi connectivity index (χ4n) is 2.73. The minimum absolute atomic E-state index is 0.0795. The number of carbonyl (C=O) groups is 1. The highest BCUT2D eigenvalue weighted by Gasteiger charge is 2.14. The summed E-state index contributed by atoms with van der Waals surface area (Å²) in [4.78, 5) is 21.9. The number of hydrogen-bond donors (Lipinski definition) is 2. The molecule has 1 aromatic heterocycles. The second-order valence-electron chi connectivity index (χ2n) is 6.10. The van der Waals surface area contributed by atoms with Crippen molar-refractivity contribution >= 4 is 11.8 Å². The van der Waals surface area contributed by atoms with E-state index in [4.69, 9.17) is 4.74 Å². The second-order valence-corrected chi connectivity index (χ2v) is 6.10. The Morgan fingerprint density at radius 3 is 2.83 bits per heavy atom. The standard InChI is InChI=1S/C17H28N4O3/c1-2-3-12-24-17-19-13-14(16(22)23)15(20-17)18-8-7-11-21-9-5-4-6-10-21/h13H,2-12H2,1H3,(H,22,23)(H,18,19,20). The highest BCUT2D eigenvalue weighted by Crippen LogP contribution is 2.16. The van der Waals surface area contributed by atoms with Gasteiger partial charge in [-0.05, 0) is 45.3 Å². The van der Waals surface area contributed by atoms with Crippen LogP contribution < -0.4 is 10.1 Å². The summed E-state index contributed by atoms with van der Waals surface area (Å²) >= 11 is 0. The van der Waals surface area contributed by atoms with E-state index in [1.807, 2.05) is 0 Å². The molecule has 1 aromatic rings. The first-order valence-corrected chi connectivity index (χ1v) is 8.90. The number of aromatic nitrogens is 2. The van der Waals surface area contributed by atoms with Crippen molar-refractivity contribution < 1.29 is 14.6 Å². The number of nitrogens with zero attached hydrogens (tertiary/aromatic N) is 3. The third kappa shape index (κ3) is 5.96. The van der Waals surface area contributed by atoms with Gasteiger partial charge in [-0.25, -0.2) is 9.78 Å². The Morgan fingerprint density at radius 1 is 1.33 bits per heavy atom. The summed E-state index contributed by atoms with van der Waals surface area (Å²) in [7, 11) is 0. The Bertz CT molecular complexity index is 519. The lowest BCUT2D eigenvalue weighted by Gasteiger charge is -2.26. The average Bonchev–Trinajstić information content (AvgIpc) is 2.60. The number of likely N-dealkylation sites (tertiary alicyclic amines) is 1. The summed E-state index contributed by atoms with van der Waals surface area (Å²) < 4.78 is 5.46. The van der Waals surface area contributed by atoms with Crippen molar-refractivity contribution in [2.24, 2.45) is 0 Å². The van der Waals surface area contributed by atoms with Gasteiger partial charge in [-0.1, -0.05) is 19.8 Å². The fourth-order valence-corrected chi connectivity index (χ4v) is 2.73.